The number of nitrogens with zero attached hydrogens (tertiary/aromatic N) is 2. The number of aryl methyl sites for hydroxylation is 1. The average Bonchev–Trinajstić information content (AvgIpc) is 2.93. The molecule has 0 spiro atoms. The van der Waals surface area contributed by atoms with Gasteiger partial charge in [-0.05, 0) is 85.0 Å². The number of amides is 2. The number of nitrogens with one attached hydrogen (secondary N) is 1. The molecule has 8 heteroatoms. The van der Waals surface area contributed by atoms with E-state index in [0.717, 1.165) is 34.0 Å². The molecule has 5 nitrogen and oxygen atoms in total. The maximum atomic E-state index is 13.7. The van der Waals surface area contributed by atoms with E-state index in [1.165, 1.54) is 6.07 Å². The van der Waals surface area contributed by atoms with Crippen molar-refractivity contribution in [2.75, 3.05) is 6.54 Å². The standard InChI is InChI=1S/C33H32F3N3O2/c1-32(2,3)38-31(41)39-17-15-27-26(22-7-5-9-24(18-22)33(34,35)36)11-12-28(29(27)20-39)30(40)13-10-21-6-4-8-23-19-37-16-14-25(21)23/h4-9,11-12,14,16,18-19H,10,13,15,17,20H2,1-3H3,(H,38,41). The molecule has 0 saturated heterocycles. The molecule has 212 valence electrons. The topological polar surface area (TPSA) is 62.3 Å². The Morgan fingerprint density at radius 1 is 0.976 bits per heavy atom. The Balaban J connectivity index is 1.50. The Morgan fingerprint density at radius 2 is 1.76 bits per heavy atom. The first kappa shape index (κ1) is 28.3. The van der Waals surface area contributed by atoms with Crippen LogP contribution >= 0.6 is 0 Å². The highest BCUT2D eigenvalue weighted by Gasteiger charge is 2.32. The maximum absolute atomic E-state index is 13.7. The zero-order chi connectivity index (χ0) is 29.4. The normalized spacial score (nSPS) is 13.7. The fourth-order valence-corrected chi connectivity index (χ4v) is 5.43. The molecule has 2 amide bonds. The minimum absolute atomic E-state index is 0.0685. The molecule has 1 aliphatic rings. The third-order valence-electron chi connectivity index (χ3n) is 7.37. The summed E-state index contributed by atoms with van der Waals surface area (Å²) in [4.78, 5) is 32.6. The molecular formula is C33H32F3N3O2. The monoisotopic (exact) mass is 559 g/mol. The number of ketones is 1. The quantitative estimate of drug-likeness (QED) is 0.256. The SMILES string of the molecule is CC(C)(C)NC(=O)N1CCc2c(-c3cccc(C(F)(F)F)c3)ccc(C(=O)CCc3cccc4cnccc34)c2C1. The van der Waals surface area contributed by atoms with Gasteiger partial charge in [0.25, 0.3) is 0 Å². The minimum Gasteiger partial charge on any atom is -0.333 e. The van der Waals surface area contributed by atoms with E-state index in [-0.39, 0.29) is 24.8 Å². The Bertz CT molecular complexity index is 1620. The zero-order valence-corrected chi connectivity index (χ0v) is 23.3. The second-order valence-corrected chi connectivity index (χ2v) is 11.5. The fourth-order valence-electron chi connectivity index (χ4n) is 5.43. The number of pyridine rings is 1. The Kier molecular flexibility index (Phi) is 7.60. The van der Waals surface area contributed by atoms with Gasteiger partial charge >= 0.3 is 12.2 Å². The molecule has 0 bridgehead atoms. The lowest BCUT2D eigenvalue weighted by atomic mass is 9.85. The highest BCUT2D eigenvalue weighted by atomic mass is 19.4. The number of aromatic nitrogens is 1. The molecule has 1 aromatic heterocycles. The first-order valence-electron chi connectivity index (χ1n) is 13.6. The van der Waals surface area contributed by atoms with E-state index in [1.54, 1.807) is 35.5 Å². The van der Waals surface area contributed by atoms with E-state index in [4.69, 9.17) is 0 Å². The molecule has 0 aliphatic carbocycles. The molecule has 1 aliphatic heterocycles. The van der Waals surface area contributed by atoms with Crippen LogP contribution in [0.3, 0.4) is 0 Å². The predicted molar refractivity (Wildman–Crippen MR) is 154 cm³/mol. The third kappa shape index (κ3) is 6.26. The lowest BCUT2D eigenvalue weighted by Crippen LogP contribution is -2.50. The summed E-state index contributed by atoms with van der Waals surface area (Å²) >= 11 is 0. The number of Topliss-reactive ketones (excluding diaryl/α,β-unsaturated/α-hetero) is 1. The van der Waals surface area contributed by atoms with Gasteiger partial charge in [0.05, 0.1) is 5.56 Å². The van der Waals surface area contributed by atoms with Crippen molar-refractivity contribution in [1.82, 2.24) is 15.2 Å². The van der Waals surface area contributed by atoms with E-state index >= 15 is 0 Å². The summed E-state index contributed by atoms with van der Waals surface area (Å²) in [6.07, 6.45) is 0.263. The number of benzene rings is 3. The zero-order valence-electron chi connectivity index (χ0n) is 23.3. The van der Waals surface area contributed by atoms with Crippen LogP contribution in [0.4, 0.5) is 18.0 Å². The molecule has 0 radical (unpaired) electrons. The second-order valence-electron chi connectivity index (χ2n) is 11.5. The summed E-state index contributed by atoms with van der Waals surface area (Å²) in [5.41, 5.74) is 2.98. The highest BCUT2D eigenvalue weighted by molar-refractivity contribution is 5.99. The molecule has 3 aromatic carbocycles. The molecule has 1 N–H and O–H groups in total. The van der Waals surface area contributed by atoms with Crippen LogP contribution in [0.2, 0.25) is 0 Å². The summed E-state index contributed by atoms with van der Waals surface area (Å²) in [5, 5.41) is 5.02. The first-order valence-corrected chi connectivity index (χ1v) is 13.6. The largest absolute Gasteiger partial charge is 0.416 e. The number of rotatable bonds is 5. The lowest BCUT2D eigenvalue weighted by Gasteiger charge is -2.34. The van der Waals surface area contributed by atoms with Crippen molar-refractivity contribution < 1.29 is 22.8 Å². The smallest absolute Gasteiger partial charge is 0.333 e. The first-order chi connectivity index (χ1) is 19.4. The molecule has 0 atom stereocenters. The van der Waals surface area contributed by atoms with Gasteiger partial charge in [0.2, 0.25) is 0 Å². The molecule has 0 unspecified atom stereocenters. The van der Waals surface area contributed by atoms with Crippen LogP contribution in [0.15, 0.2) is 73.1 Å². The Morgan fingerprint density at radius 3 is 2.51 bits per heavy atom. The minimum atomic E-state index is -4.47. The molecule has 41 heavy (non-hydrogen) atoms. The van der Waals surface area contributed by atoms with Gasteiger partial charge in [-0.1, -0.05) is 42.5 Å². The molecule has 2 heterocycles. The van der Waals surface area contributed by atoms with Gasteiger partial charge in [-0.15, -0.1) is 0 Å². The fraction of sp³-hybridized carbons (Fsp3) is 0.303. The number of fused-ring (bicyclic) bond motifs is 2. The van der Waals surface area contributed by atoms with Crippen molar-refractivity contribution in [2.45, 2.75) is 58.3 Å². The van der Waals surface area contributed by atoms with Crippen LogP contribution in [0, 0.1) is 0 Å². The number of halogens is 3. The third-order valence-corrected chi connectivity index (χ3v) is 7.37. The van der Waals surface area contributed by atoms with Gasteiger partial charge in [-0.2, -0.15) is 13.2 Å². The van der Waals surface area contributed by atoms with Crippen LogP contribution < -0.4 is 5.32 Å². The summed E-state index contributed by atoms with van der Waals surface area (Å²) in [5.74, 6) is -0.0685. The number of hydrogen-bond donors (Lipinski definition) is 1. The number of hydrogen-bond acceptors (Lipinski definition) is 3. The van der Waals surface area contributed by atoms with Crippen molar-refractivity contribution in [3.05, 3.63) is 101 Å². The van der Waals surface area contributed by atoms with Crippen LogP contribution in [0.5, 0.6) is 0 Å². The van der Waals surface area contributed by atoms with E-state index in [2.05, 4.69) is 10.3 Å². The van der Waals surface area contributed by atoms with E-state index < -0.39 is 17.3 Å². The highest BCUT2D eigenvalue weighted by Crippen LogP contribution is 2.37. The molecule has 5 rings (SSSR count). The summed E-state index contributed by atoms with van der Waals surface area (Å²) in [6.45, 7) is 6.28. The summed E-state index contributed by atoms with van der Waals surface area (Å²) < 4.78 is 40.5. The second kappa shape index (κ2) is 11.0. The van der Waals surface area contributed by atoms with E-state index in [9.17, 15) is 22.8 Å². The van der Waals surface area contributed by atoms with Crippen LogP contribution in [-0.4, -0.2) is 33.8 Å². The van der Waals surface area contributed by atoms with Crippen molar-refractivity contribution in [1.29, 1.82) is 0 Å². The summed E-state index contributed by atoms with van der Waals surface area (Å²) in [7, 11) is 0. The van der Waals surface area contributed by atoms with Gasteiger partial charge in [0.15, 0.2) is 5.78 Å². The van der Waals surface area contributed by atoms with E-state index in [1.807, 2.05) is 45.0 Å². The Labute approximate surface area is 237 Å². The van der Waals surface area contributed by atoms with Gasteiger partial charge in [0, 0.05) is 48.4 Å². The van der Waals surface area contributed by atoms with Crippen molar-refractivity contribution in [3.8, 4) is 11.1 Å². The van der Waals surface area contributed by atoms with Crippen molar-refractivity contribution in [3.63, 3.8) is 0 Å². The molecule has 4 aromatic rings. The number of urea groups is 1. The number of alkyl halides is 3. The summed E-state index contributed by atoms with van der Waals surface area (Å²) in [6, 6.07) is 16.3. The van der Waals surface area contributed by atoms with Gasteiger partial charge in [-0.25, -0.2) is 4.79 Å². The molecular weight excluding hydrogens is 527 g/mol. The van der Waals surface area contributed by atoms with Gasteiger partial charge < -0.3 is 10.2 Å². The van der Waals surface area contributed by atoms with Crippen molar-refractivity contribution in [2.24, 2.45) is 0 Å². The molecule has 0 saturated carbocycles. The Hall–Kier alpha value is -4.20. The van der Waals surface area contributed by atoms with Crippen LogP contribution in [-0.2, 0) is 25.6 Å². The van der Waals surface area contributed by atoms with Crippen LogP contribution in [0.1, 0.15) is 59.8 Å². The number of carbonyl (C=O) groups is 2. The van der Waals surface area contributed by atoms with Crippen LogP contribution in [0.25, 0.3) is 21.9 Å². The van der Waals surface area contributed by atoms with Gasteiger partial charge in [0.1, 0.15) is 0 Å². The lowest BCUT2D eigenvalue weighted by molar-refractivity contribution is -0.137. The van der Waals surface area contributed by atoms with E-state index in [0.29, 0.717) is 41.6 Å². The molecule has 0 fully saturated rings. The number of carbonyl (C=O) groups excluding carboxylic acids is 2. The predicted octanol–water partition coefficient (Wildman–Crippen LogP) is 7.60. The maximum Gasteiger partial charge on any atom is 0.416 e. The van der Waals surface area contributed by atoms with Gasteiger partial charge in [-0.3, -0.25) is 9.78 Å². The average molecular weight is 560 g/mol. The van der Waals surface area contributed by atoms with Crippen molar-refractivity contribution >= 4 is 22.6 Å².